The Morgan fingerprint density at radius 1 is 0.962 bits per heavy atom. The molecule has 2 aromatic carbocycles. The Morgan fingerprint density at radius 3 is 2.23 bits per heavy atom. The van der Waals surface area contributed by atoms with Crippen molar-refractivity contribution in [1.82, 2.24) is 10.4 Å². The molecule has 0 aliphatic carbocycles. The van der Waals surface area contributed by atoms with Crippen molar-refractivity contribution in [3.8, 4) is 0 Å². The lowest BCUT2D eigenvalue weighted by atomic mass is 9.86. The number of carbonyl (C=O) groups excluding carboxylic acids is 2. The summed E-state index contributed by atoms with van der Waals surface area (Å²) < 4.78 is 0. The zero-order valence-electron chi connectivity index (χ0n) is 14.5. The highest BCUT2D eigenvalue weighted by atomic mass is 16.2. The molecule has 0 unspecified atom stereocenters. The number of anilines is 2. The molecule has 2 aliphatic heterocycles. The number of carbonyl (C=O) groups is 2. The molecule has 2 aliphatic rings. The summed E-state index contributed by atoms with van der Waals surface area (Å²) in [6, 6.07) is 19.0. The van der Waals surface area contributed by atoms with Gasteiger partial charge in [-0.3, -0.25) is 4.79 Å². The average molecular weight is 350 g/mol. The minimum absolute atomic E-state index is 0.174. The van der Waals surface area contributed by atoms with E-state index in [1.54, 1.807) is 12.1 Å². The Morgan fingerprint density at radius 2 is 1.58 bits per heavy atom. The highest BCUT2D eigenvalue weighted by Gasteiger charge is 2.46. The number of hydrogen-bond donors (Lipinski definition) is 2. The van der Waals surface area contributed by atoms with Gasteiger partial charge >= 0.3 is 6.03 Å². The van der Waals surface area contributed by atoms with Gasteiger partial charge in [0, 0.05) is 30.9 Å². The second-order valence-corrected chi connectivity index (χ2v) is 6.92. The number of nitrogens with one attached hydrogen (secondary N) is 2. The van der Waals surface area contributed by atoms with Gasteiger partial charge in [-0.15, -0.1) is 0 Å². The van der Waals surface area contributed by atoms with Crippen LogP contribution in [0.4, 0.5) is 16.2 Å². The normalized spacial score (nSPS) is 19.0. The molecule has 26 heavy (non-hydrogen) atoms. The van der Waals surface area contributed by atoms with Gasteiger partial charge in [-0.2, -0.15) is 5.01 Å². The van der Waals surface area contributed by atoms with Gasteiger partial charge in [0.25, 0.3) is 0 Å². The van der Waals surface area contributed by atoms with Crippen LogP contribution >= 0.6 is 0 Å². The SMILES string of the molecule is O=C1CC2(CCN(c3ccccc3)CC2)NN1C(=O)Nc1ccccc1. The van der Waals surface area contributed by atoms with Gasteiger partial charge in [0.15, 0.2) is 0 Å². The van der Waals surface area contributed by atoms with Crippen LogP contribution in [-0.4, -0.2) is 35.6 Å². The fourth-order valence-corrected chi connectivity index (χ4v) is 3.69. The highest BCUT2D eigenvalue weighted by Crippen LogP contribution is 2.33. The van der Waals surface area contributed by atoms with Crippen molar-refractivity contribution in [1.29, 1.82) is 0 Å². The molecule has 0 atom stereocenters. The van der Waals surface area contributed by atoms with Crippen LogP contribution in [-0.2, 0) is 4.79 Å². The van der Waals surface area contributed by atoms with Gasteiger partial charge in [-0.25, -0.2) is 10.2 Å². The lowest BCUT2D eigenvalue weighted by Crippen LogP contribution is -2.55. The third kappa shape index (κ3) is 3.28. The van der Waals surface area contributed by atoms with E-state index in [1.807, 2.05) is 36.4 Å². The van der Waals surface area contributed by atoms with Crippen molar-refractivity contribution < 1.29 is 9.59 Å². The summed E-state index contributed by atoms with van der Waals surface area (Å²) in [6.07, 6.45) is 2.00. The maximum atomic E-state index is 12.5. The monoisotopic (exact) mass is 350 g/mol. The van der Waals surface area contributed by atoms with Crippen LogP contribution < -0.4 is 15.6 Å². The molecule has 0 aromatic heterocycles. The van der Waals surface area contributed by atoms with E-state index >= 15 is 0 Å². The Hall–Kier alpha value is -2.86. The van der Waals surface area contributed by atoms with Crippen LogP contribution in [0.2, 0.25) is 0 Å². The molecule has 2 heterocycles. The fourth-order valence-electron chi connectivity index (χ4n) is 3.69. The lowest BCUT2D eigenvalue weighted by Gasteiger charge is -2.40. The van der Waals surface area contributed by atoms with Crippen molar-refractivity contribution in [2.45, 2.75) is 24.8 Å². The van der Waals surface area contributed by atoms with Crippen LogP contribution in [0, 0.1) is 0 Å². The van der Waals surface area contributed by atoms with E-state index in [9.17, 15) is 9.59 Å². The van der Waals surface area contributed by atoms with Crippen molar-refractivity contribution >= 4 is 23.3 Å². The van der Waals surface area contributed by atoms with Gasteiger partial charge in [0.05, 0.1) is 5.54 Å². The molecular weight excluding hydrogens is 328 g/mol. The molecule has 2 aromatic rings. The highest BCUT2D eigenvalue weighted by molar-refractivity contribution is 6.02. The summed E-state index contributed by atoms with van der Waals surface area (Å²) in [5.41, 5.74) is 4.74. The van der Waals surface area contributed by atoms with Gasteiger partial charge in [-0.1, -0.05) is 36.4 Å². The maximum Gasteiger partial charge on any atom is 0.343 e. The molecule has 2 fully saturated rings. The van der Waals surface area contributed by atoms with Gasteiger partial charge in [0.1, 0.15) is 0 Å². The first kappa shape index (κ1) is 16.6. The Balaban J connectivity index is 1.39. The second-order valence-electron chi connectivity index (χ2n) is 6.92. The summed E-state index contributed by atoms with van der Waals surface area (Å²) in [4.78, 5) is 27.2. The number of nitrogens with zero attached hydrogens (tertiary/aromatic N) is 2. The Labute approximate surface area is 152 Å². The van der Waals surface area contributed by atoms with Gasteiger partial charge in [-0.05, 0) is 37.1 Å². The number of hydrazine groups is 1. The van der Waals surface area contributed by atoms with E-state index in [1.165, 1.54) is 5.69 Å². The predicted molar refractivity (Wildman–Crippen MR) is 101 cm³/mol. The smallest absolute Gasteiger partial charge is 0.343 e. The number of imide groups is 1. The Kier molecular flexibility index (Phi) is 4.34. The zero-order chi connectivity index (χ0) is 18.0. The third-order valence-electron chi connectivity index (χ3n) is 5.16. The number of para-hydroxylation sites is 2. The first-order chi connectivity index (χ1) is 12.7. The van der Waals surface area contributed by atoms with Crippen LogP contribution in [0.25, 0.3) is 0 Å². The first-order valence-corrected chi connectivity index (χ1v) is 8.92. The van der Waals surface area contributed by atoms with E-state index < -0.39 is 6.03 Å². The molecule has 4 rings (SSSR count). The van der Waals surface area contributed by atoms with E-state index in [-0.39, 0.29) is 11.4 Å². The maximum absolute atomic E-state index is 12.5. The molecule has 0 bridgehead atoms. The molecule has 0 saturated carbocycles. The molecule has 0 radical (unpaired) electrons. The minimum atomic E-state index is -0.427. The summed E-state index contributed by atoms with van der Waals surface area (Å²) >= 11 is 0. The summed E-state index contributed by atoms with van der Waals surface area (Å²) in [6.45, 7) is 1.72. The quantitative estimate of drug-likeness (QED) is 0.874. The minimum Gasteiger partial charge on any atom is -0.371 e. The van der Waals surface area contributed by atoms with E-state index in [2.05, 4.69) is 27.8 Å². The van der Waals surface area contributed by atoms with Crippen LogP contribution in [0.1, 0.15) is 19.3 Å². The Bertz CT molecular complexity index is 786. The molecule has 2 N–H and O–H groups in total. The van der Waals surface area contributed by atoms with Crippen molar-refractivity contribution in [2.24, 2.45) is 0 Å². The topological polar surface area (TPSA) is 64.7 Å². The van der Waals surface area contributed by atoms with Crippen LogP contribution in [0.5, 0.6) is 0 Å². The zero-order valence-corrected chi connectivity index (χ0v) is 14.5. The lowest BCUT2D eigenvalue weighted by molar-refractivity contribution is -0.126. The molecule has 6 nitrogen and oxygen atoms in total. The van der Waals surface area contributed by atoms with Gasteiger partial charge in [0.2, 0.25) is 5.91 Å². The van der Waals surface area contributed by atoms with E-state index in [0.717, 1.165) is 30.9 Å². The number of urea groups is 1. The largest absolute Gasteiger partial charge is 0.371 e. The summed E-state index contributed by atoms with van der Waals surface area (Å²) in [7, 11) is 0. The van der Waals surface area contributed by atoms with E-state index in [0.29, 0.717) is 12.1 Å². The fraction of sp³-hybridized carbons (Fsp3) is 0.300. The third-order valence-corrected chi connectivity index (χ3v) is 5.16. The average Bonchev–Trinajstić information content (AvgIpc) is 3.00. The number of rotatable bonds is 2. The second kappa shape index (κ2) is 6.80. The molecule has 6 heteroatoms. The van der Waals surface area contributed by atoms with Crippen molar-refractivity contribution in [3.63, 3.8) is 0 Å². The molecule has 3 amide bonds. The predicted octanol–water partition coefficient (Wildman–Crippen LogP) is 2.99. The number of piperidine rings is 1. The van der Waals surface area contributed by atoms with Crippen molar-refractivity contribution in [3.05, 3.63) is 60.7 Å². The van der Waals surface area contributed by atoms with Gasteiger partial charge < -0.3 is 10.2 Å². The molecular formula is C20H22N4O2. The molecule has 1 spiro atoms. The summed E-state index contributed by atoms with van der Waals surface area (Å²) in [5.74, 6) is -0.174. The number of benzene rings is 2. The van der Waals surface area contributed by atoms with Crippen LogP contribution in [0.15, 0.2) is 60.7 Å². The first-order valence-electron chi connectivity index (χ1n) is 8.92. The standard InChI is InChI=1S/C20H22N4O2/c25-18-15-20(11-13-23(14-12-20)17-9-5-2-6-10-17)22-24(18)19(26)21-16-7-3-1-4-8-16/h1-10,22H,11-15H2,(H,21,26). The number of amides is 3. The number of hydrogen-bond acceptors (Lipinski definition) is 4. The van der Waals surface area contributed by atoms with E-state index in [4.69, 9.17) is 0 Å². The van der Waals surface area contributed by atoms with Crippen molar-refractivity contribution in [2.75, 3.05) is 23.3 Å². The van der Waals surface area contributed by atoms with Crippen LogP contribution in [0.3, 0.4) is 0 Å². The summed E-state index contributed by atoms with van der Waals surface area (Å²) in [5, 5.41) is 3.91. The molecule has 134 valence electrons. The molecule has 2 saturated heterocycles.